The molecule has 2 rings (SSSR count). The lowest BCUT2D eigenvalue weighted by atomic mass is 9.79. The average Bonchev–Trinajstić information content (AvgIpc) is 2.58. The Labute approximate surface area is 135 Å². The van der Waals surface area contributed by atoms with Crippen LogP contribution in [-0.4, -0.2) is 32.1 Å². The number of Topliss-reactive ketones (excluding diaryl/α,β-unsaturated/α-hetero) is 1. The number of hydrogen-bond donors (Lipinski definition) is 0. The highest BCUT2D eigenvalue weighted by Gasteiger charge is 2.44. The molecule has 0 aromatic heterocycles. The zero-order valence-electron chi connectivity index (χ0n) is 13.5. The van der Waals surface area contributed by atoms with Gasteiger partial charge in [0.25, 0.3) is 0 Å². The molecule has 0 fully saturated rings. The monoisotopic (exact) mass is 316 g/mol. The molecule has 122 valence electrons. The van der Waals surface area contributed by atoms with E-state index in [0.29, 0.717) is 17.1 Å². The third kappa shape index (κ3) is 2.86. The van der Waals surface area contributed by atoms with Gasteiger partial charge in [-0.25, -0.2) is 4.79 Å². The van der Waals surface area contributed by atoms with Crippen LogP contribution in [0.1, 0.15) is 17.3 Å². The molecule has 0 amide bonds. The summed E-state index contributed by atoms with van der Waals surface area (Å²) in [6, 6.07) is 5.13. The van der Waals surface area contributed by atoms with Crippen molar-refractivity contribution in [3.05, 3.63) is 48.6 Å². The van der Waals surface area contributed by atoms with Gasteiger partial charge in [0.2, 0.25) is 0 Å². The standard InChI is InChI=1S/C18H20O5/c1-6-10(2)17-14(11(3)18(20)22-5)16(19)15-12(21-4)8-7-9-13(15)23-17/h6-10,14,17H,1,3H2,2,4-5H3/t10-,14-,17+/m0/s1. The molecule has 5 nitrogen and oxygen atoms in total. The van der Waals surface area contributed by atoms with Crippen molar-refractivity contribution in [3.8, 4) is 11.5 Å². The number of ketones is 1. The number of benzene rings is 1. The van der Waals surface area contributed by atoms with Gasteiger partial charge in [0.15, 0.2) is 5.78 Å². The first-order chi connectivity index (χ1) is 11.0. The molecule has 1 aliphatic heterocycles. The third-order valence-electron chi connectivity index (χ3n) is 4.04. The van der Waals surface area contributed by atoms with Crippen molar-refractivity contribution in [1.82, 2.24) is 0 Å². The first-order valence-corrected chi connectivity index (χ1v) is 7.23. The van der Waals surface area contributed by atoms with Crippen molar-refractivity contribution in [1.29, 1.82) is 0 Å². The zero-order valence-corrected chi connectivity index (χ0v) is 13.5. The highest BCUT2D eigenvalue weighted by molar-refractivity contribution is 6.09. The van der Waals surface area contributed by atoms with Crippen LogP contribution in [-0.2, 0) is 9.53 Å². The zero-order chi connectivity index (χ0) is 17.1. The van der Waals surface area contributed by atoms with Crippen molar-refractivity contribution in [2.75, 3.05) is 14.2 Å². The number of methoxy groups -OCH3 is 2. The summed E-state index contributed by atoms with van der Waals surface area (Å²) in [4.78, 5) is 24.9. The summed E-state index contributed by atoms with van der Waals surface area (Å²) in [5.41, 5.74) is 0.380. The second-order valence-electron chi connectivity index (χ2n) is 5.37. The Bertz CT molecular complexity index is 661. The molecular weight excluding hydrogens is 296 g/mol. The maximum Gasteiger partial charge on any atom is 0.334 e. The van der Waals surface area contributed by atoms with Crippen LogP contribution in [0.25, 0.3) is 0 Å². The summed E-state index contributed by atoms with van der Waals surface area (Å²) in [6.07, 6.45) is 1.10. The van der Waals surface area contributed by atoms with E-state index in [1.54, 1.807) is 24.3 Å². The Hall–Kier alpha value is -2.56. The molecule has 0 spiro atoms. The third-order valence-corrected chi connectivity index (χ3v) is 4.04. The van der Waals surface area contributed by atoms with E-state index in [9.17, 15) is 9.59 Å². The van der Waals surface area contributed by atoms with Crippen LogP contribution >= 0.6 is 0 Å². The first-order valence-electron chi connectivity index (χ1n) is 7.23. The van der Waals surface area contributed by atoms with Crippen LogP contribution in [0.2, 0.25) is 0 Å². The molecule has 1 aromatic carbocycles. The Balaban J connectivity index is 2.57. The molecule has 0 aliphatic carbocycles. The SMILES string of the molecule is C=C[C@H](C)[C@H]1Oc2cccc(OC)c2C(=O)[C@@H]1C(=C)C(=O)OC. The number of ether oxygens (including phenoxy) is 3. The minimum Gasteiger partial charge on any atom is -0.496 e. The lowest BCUT2D eigenvalue weighted by molar-refractivity contribution is -0.137. The van der Waals surface area contributed by atoms with Gasteiger partial charge in [-0.15, -0.1) is 6.58 Å². The van der Waals surface area contributed by atoms with E-state index in [1.165, 1.54) is 14.2 Å². The number of hydrogen-bond acceptors (Lipinski definition) is 5. The summed E-state index contributed by atoms with van der Waals surface area (Å²) >= 11 is 0. The van der Waals surface area contributed by atoms with Crippen LogP contribution < -0.4 is 9.47 Å². The van der Waals surface area contributed by atoms with Gasteiger partial charge in [-0.1, -0.05) is 25.6 Å². The minimum absolute atomic E-state index is 0.0627. The normalized spacial score (nSPS) is 20.7. The van der Waals surface area contributed by atoms with E-state index in [-0.39, 0.29) is 17.3 Å². The molecule has 5 heteroatoms. The van der Waals surface area contributed by atoms with Gasteiger partial charge in [0.05, 0.1) is 20.1 Å². The van der Waals surface area contributed by atoms with Gasteiger partial charge in [-0.05, 0) is 12.1 Å². The maximum atomic E-state index is 13.0. The van der Waals surface area contributed by atoms with E-state index < -0.39 is 18.0 Å². The highest BCUT2D eigenvalue weighted by Crippen LogP contribution is 2.41. The summed E-state index contributed by atoms with van der Waals surface area (Å²) in [5.74, 6) is -1.07. The van der Waals surface area contributed by atoms with E-state index >= 15 is 0 Å². The molecule has 1 heterocycles. The smallest absolute Gasteiger partial charge is 0.334 e. The van der Waals surface area contributed by atoms with E-state index in [2.05, 4.69) is 13.2 Å². The van der Waals surface area contributed by atoms with E-state index in [4.69, 9.17) is 14.2 Å². The van der Waals surface area contributed by atoms with Gasteiger partial charge in [0, 0.05) is 11.5 Å². The van der Waals surface area contributed by atoms with Crippen molar-refractivity contribution in [2.24, 2.45) is 11.8 Å². The van der Waals surface area contributed by atoms with Crippen LogP contribution in [0.5, 0.6) is 11.5 Å². The fourth-order valence-corrected chi connectivity index (χ4v) is 2.70. The Morgan fingerprint density at radius 1 is 1.39 bits per heavy atom. The number of carbonyl (C=O) groups excluding carboxylic acids is 2. The van der Waals surface area contributed by atoms with Crippen molar-refractivity contribution < 1.29 is 23.8 Å². The van der Waals surface area contributed by atoms with Gasteiger partial charge < -0.3 is 14.2 Å². The molecule has 0 N–H and O–H groups in total. The van der Waals surface area contributed by atoms with Crippen molar-refractivity contribution in [3.63, 3.8) is 0 Å². The predicted molar refractivity (Wildman–Crippen MR) is 85.7 cm³/mol. The fourth-order valence-electron chi connectivity index (χ4n) is 2.70. The number of rotatable bonds is 5. The van der Waals surface area contributed by atoms with Crippen LogP contribution in [0.3, 0.4) is 0 Å². The molecule has 1 aliphatic rings. The maximum absolute atomic E-state index is 13.0. The molecular formula is C18H20O5. The molecule has 0 bridgehead atoms. The van der Waals surface area contributed by atoms with E-state index in [0.717, 1.165) is 0 Å². The van der Waals surface area contributed by atoms with Crippen LogP contribution in [0, 0.1) is 11.8 Å². The van der Waals surface area contributed by atoms with Crippen molar-refractivity contribution in [2.45, 2.75) is 13.0 Å². The van der Waals surface area contributed by atoms with Crippen LogP contribution in [0.15, 0.2) is 43.0 Å². The molecule has 23 heavy (non-hydrogen) atoms. The first kappa shape index (κ1) is 16.8. The Kier molecular flexibility index (Phi) is 4.89. The predicted octanol–water partition coefficient (Wildman–Crippen LogP) is 2.81. The molecule has 3 atom stereocenters. The second-order valence-corrected chi connectivity index (χ2v) is 5.37. The van der Waals surface area contributed by atoms with E-state index in [1.807, 2.05) is 6.92 Å². The molecule has 0 radical (unpaired) electrons. The summed E-state index contributed by atoms with van der Waals surface area (Å²) in [5, 5.41) is 0. The molecule has 0 saturated carbocycles. The average molecular weight is 316 g/mol. The molecule has 0 unspecified atom stereocenters. The fraction of sp³-hybridized carbons (Fsp3) is 0.333. The van der Waals surface area contributed by atoms with Crippen LogP contribution in [0.4, 0.5) is 0 Å². The number of esters is 1. The summed E-state index contributed by atoms with van der Waals surface area (Å²) < 4.78 is 16.0. The summed E-state index contributed by atoms with van der Waals surface area (Å²) in [6.45, 7) is 9.36. The second kappa shape index (κ2) is 6.69. The lowest BCUT2D eigenvalue weighted by Gasteiger charge is -2.35. The largest absolute Gasteiger partial charge is 0.496 e. The molecule has 0 saturated heterocycles. The summed E-state index contributed by atoms with van der Waals surface area (Å²) in [7, 11) is 2.73. The van der Waals surface area contributed by atoms with Gasteiger partial charge in [-0.3, -0.25) is 4.79 Å². The lowest BCUT2D eigenvalue weighted by Crippen LogP contribution is -2.44. The van der Waals surface area contributed by atoms with Gasteiger partial charge in [-0.2, -0.15) is 0 Å². The van der Waals surface area contributed by atoms with Gasteiger partial charge >= 0.3 is 5.97 Å². The number of fused-ring (bicyclic) bond motifs is 1. The number of carbonyl (C=O) groups is 2. The highest BCUT2D eigenvalue weighted by atomic mass is 16.5. The van der Waals surface area contributed by atoms with Crippen molar-refractivity contribution >= 4 is 11.8 Å². The molecule has 1 aromatic rings. The Morgan fingerprint density at radius 3 is 2.65 bits per heavy atom. The van der Waals surface area contributed by atoms with Gasteiger partial charge in [0.1, 0.15) is 23.2 Å². The topological polar surface area (TPSA) is 61.8 Å². The Morgan fingerprint density at radius 2 is 2.09 bits per heavy atom. The quantitative estimate of drug-likeness (QED) is 0.475. The minimum atomic E-state index is -0.848.